The van der Waals surface area contributed by atoms with Crippen LogP contribution < -0.4 is 5.32 Å². The van der Waals surface area contributed by atoms with Crippen LogP contribution in [0.5, 0.6) is 0 Å². The lowest BCUT2D eigenvalue weighted by molar-refractivity contribution is -0.223. The van der Waals surface area contributed by atoms with Crippen LogP contribution in [-0.4, -0.2) is 72.2 Å². The molecule has 0 saturated heterocycles. The zero-order valence-corrected chi connectivity index (χ0v) is 20.1. The molecule has 11 nitrogen and oxygen atoms in total. The van der Waals surface area contributed by atoms with Crippen molar-refractivity contribution in [1.29, 1.82) is 0 Å². The highest BCUT2D eigenvalue weighted by Gasteiger charge is 2.69. The highest BCUT2D eigenvalue weighted by atomic mass is 31.2. The van der Waals surface area contributed by atoms with E-state index in [0.29, 0.717) is 0 Å². The zero-order chi connectivity index (χ0) is 27.5. The van der Waals surface area contributed by atoms with Gasteiger partial charge in [-0.25, -0.2) is 19.7 Å². The molecule has 0 spiro atoms. The lowest BCUT2D eigenvalue weighted by Gasteiger charge is -2.36. The fourth-order valence-electron chi connectivity index (χ4n) is 3.01. The second kappa shape index (κ2) is 10.9. The number of anilines is 1. The average molecular weight is 551 g/mol. The van der Waals surface area contributed by atoms with Crippen molar-refractivity contribution in [2.75, 3.05) is 18.5 Å². The van der Waals surface area contributed by atoms with E-state index in [-0.39, 0.29) is 36.1 Å². The summed E-state index contributed by atoms with van der Waals surface area (Å²) in [5.74, 6) is 0.0310. The number of nitrogens with one attached hydrogen (secondary N) is 1. The van der Waals surface area contributed by atoms with Gasteiger partial charge in [0.1, 0.15) is 6.33 Å². The van der Waals surface area contributed by atoms with Gasteiger partial charge in [0.2, 0.25) is 0 Å². The third-order valence-corrected chi connectivity index (χ3v) is 6.46. The van der Waals surface area contributed by atoms with Crippen LogP contribution in [0, 0.1) is 5.92 Å². The first-order valence-corrected chi connectivity index (χ1v) is 11.9. The van der Waals surface area contributed by atoms with Gasteiger partial charge in [0.25, 0.3) is 0 Å². The second-order valence-corrected chi connectivity index (χ2v) is 10.3. The summed E-state index contributed by atoms with van der Waals surface area (Å²) >= 11 is 0. The molecule has 0 aliphatic heterocycles. The number of hydrogen-bond acceptors (Lipinski definition) is 7. The number of halogens is 6. The van der Waals surface area contributed by atoms with Crippen molar-refractivity contribution in [2.45, 2.75) is 57.3 Å². The van der Waals surface area contributed by atoms with Crippen molar-refractivity contribution in [2.24, 2.45) is 5.92 Å². The topological polar surface area (TPSA) is 149 Å². The Morgan fingerprint density at radius 1 is 1.14 bits per heavy atom. The van der Waals surface area contributed by atoms with Gasteiger partial charge in [-0.3, -0.25) is 9.88 Å². The first kappa shape index (κ1) is 29.7. The molecule has 0 fully saturated rings. The Labute approximate surface area is 200 Å². The molecule has 18 heteroatoms. The van der Waals surface area contributed by atoms with Gasteiger partial charge in [0, 0.05) is 0 Å². The van der Waals surface area contributed by atoms with E-state index in [0.717, 1.165) is 6.33 Å². The number of nitrogens with zero attached hydrogens (tertiary/aromatic N) is 4. The first-order valence-electron chi connectivity index (χ1n) is 10.3. The Hall–Kier alpha value is -2.49. The molecule has 0 radical (unpaired) electrons. The fraction of sp³-hybridized carbons (Fsp3) is 0.667. The van der Waals surface area contributed by atoms with Crippen molar-refractivity contribution >= 4 is 30.7 Å². The molecule has 2 atom stereocenters. The normalized spacial score (nSPS) is 15.7. The molecule has 36 heavy (non-hydrogen) atoms. The molecule has 2 aromatic heterocycles. The predicted octanol–water partition coefficient (Wildman–Crippen LogP) is 3.87. The summed E-state index contributed by atoms with van der Waals surface area (Å²) in [5.41, 5.74) is 0.162. The Bertz CT molecular complexity index is 1100. The minimum Gasteiger partial charge on any atom is -0.449 e. The number of carbonyl (C=O) groups excluding carboxylic acids is 1. The van der Waals surface area contributed by atoms with E-state index in [4.69, 9.17) is 9.47 Å². The van der Waals surface area contributed by atoms with Crippen molar-refractivity contribution < 1.29 is 55.0 Å². The number of alkyl halides is 6. The Morgan fingerprint density at radius 2 is 1.78 bits per heavy atom. The van der Waals surface area contributed by atoms with Crippen LogP contribution in [0.4, 0.5) is 37.0 Å². The monoisotopic (exact) mass is 551 g/mol. The number of hydrogen-bond donors (Lipinski definition) is 3. The number of carbonyl (C=O) groups is 1. The van der Waals surface area contributed by atoms with Crippen LogP contribution in [0.3, 0.4) is 0 Å². The van der Waals surface area contributed by atoms with Gasteiger partial charge in [-0.2, -0.15) is 26.3 Å². The van der Waals surface area contributed by atoms with Crippen LogP contribution in [0.15, 0.2) is 12.7 Å². The van der Waals surface area contributed by atoms with Crippen molar-refractivity contribution in [3.63, 3.8) is 0 Å². The van der Waals surface area contributed by atoms with Crippen LogP contribution in [0.1, 0.15) is 27.2 Å². The minimum atomic E-state index is -6.38. The molecule has 1 unspecified atom stereocenters. The SMILES string of the molecule is CC(C)COC(=O)Nc1ncnc2c1ncn2CC(C)OC[C@](CC(F)(F)F)(C(F)(F)F)P(=O)(O)O. The van der Waals surface area contributed by atoms with Crippen LogP contribution in [0.25, 0.3) is 11.2 Å². The predicted molar refractivity (Wildman–Crippen MR) is 112 cm³/mol. The molecule has 2 aromatic rings. The Morgan fingerprint density at radius 3 is 2.31 bits per heavy atom. The largest absolute Gasteiger partial charge is 0.449 e. The number of rotatable bonds is 10. The molecule has 0 saturated carbocycles. The summed E-state index contributed by atoms with van der Waals surface area (Å²) in [6.07, 6.45) is -14.2. The van der Waals surface area contributed by atoms with E-state index < -0.39 is 50.3 Å². The molecule has 1 amide bonds. The Kier molecular flexibility index (Phi) is 8.97. The van der Waals surface area contributed by atoms with E-state index in [1.807, 2.05) is 13.8 Å². The van der Waals surface area contributed by atoms with E-state index in [9.17, 15) is 45.5 Å². The van der Waals surface area contributed by atoms with Crippen molar-refractivity contribution in [1.82, 2.24) is 19.5 Å². The molecule has 0 aliphatic rings. The molecule has 0 bridgehead atoms. The fourth-order valence-corrected chi connectivity index (χ4v) is 3.97. The standard InChI is InChI=1S/C18H24F6N5O6P/c1-10(2)5-34-15(30)28-13-12-14(26-8-25-13)29(9-27-12)4-11(3)35-7-16(18(22,23)24,36(31,32)33)6-17(19,20)21/h8-11H,4-7H2,1-3H3,(H2,31,32,33)(H,25,26,28,30)/t11?,16-/m1/s1. The summed E-state index contributed by atoms with van der Waals surface area (Å²) in [6, 6.07) is 0. The van der Waals surface area contributed by atoms with Gasteiger partial charge in [0.05, 0.1) is 38.6 Å². The van der Waals surface area contributed by atoms with Gasteiger partial charge < -0.3 is 23.8 Å². The lowest BCUT2D eigenvalue weighted by atomic mass is 10.0. The van der Waals surface area contributed by atoms with Gasteiger partial charge in [-0.1, -0.05) is 13.8 Å². The van der Waals surface area contributed by atoms with Gasteiger partial charge >= 0.3 is 26.0 Å². The maximum atomic E-state index is 13.5. The summed E-state index contributed by atoms with van der Waals surface area (Å²) in [7, 11) is -6.38. The third-order valence-electron chi connectivity index (χ3n) is 4.81. The van der Waals surface area contributed by atoms with Gasteiger partial charge in [-0.05, 0) is 12.8 Å². The smallest absolute Gasteiger partial charge is 0.412 e. The molecule has 204 valence electrons. The number of amides is 1. The first-order chi connectivity index (χ1) is 16.4. The van der Waals surface area contributed by atoms with E-state index in [1.54, 1.807) is 0 Å². The summed E-state index contributed by atoms with van der Waals surface area (Å²) < 4.78 is 102. The maximum Gasteiger partial charge on any atom is 0.412 e. The Balaban J connectivity index is 2.21. The average Bonchev–Trinajstić information content (AvgIpc) is 3.10. The highest BCUT2D eigenvalue weighted by molar-refractivity contribution is 7.53. The molecular weight excluding hydrogens is 527 g/mol. The molecule has 0 aromatic carbocycles. The minimum absolute atomic E-state index is 0.0381. The number of imidazole rings is 1. The van der Waals surface area contributed by atoms with E-state index >= 15 is 0 Å². The van der Waals surface area contributed by atoms with Gasteiger partial charge in [0.15, 0.2) is 22.1 Å². The third kappa shape index (κ3) is 7.27. The molecule has 3 N–H and O–H groups in total. The summed E-state index contributed by atoms with van der Waals surface area (Å²) in [5, 5.41) is -2.12. The van der Waals surface area contributed by atoms with Crippen molar-refractivity contribution in [3.8, 4) is 0 Å². The zero-order valence-electron chi connectivity index (χ0n) is 19.2. The number of aromatic nitrogens is 4. The molecule has 2 rings (SSSR count). The van der Waals surface area contributed by atoms with E-state index in [1.165, 1.54) is 17.8 Å². The highest BCUT2D eigenvalue weighted by Crippen LogP contribution is 2.62. The number of fused-ring (bicyclic) bond motifs is 1. The summed E-state index contributed by atoms with van der Waals surface area (Å²) in [6.45, 7) is 2.70. The second-order valence-electron chi connectivity index (χ2n) is 8.40. The van der Waals surface area contributed by atoms with Gasteiger partial charge in [-0.15, -0.1) is 0 Å². The molecule has 0 aliphatic carbocycles. The van der Waals surface area contributed by atoms with Crippen LogP contribution in [0.2, 0.25) is 0 Å². The molecule has 2 heterocycles. The molecular formula is C18H24F6N5O6P. The quantitative estimate of drug-likeness (QED) is 0.296. The van der Waals surface area contributed by atoms with E-state index in [2.05, 4.69) is 20.3 Å². The number of ether oxygens (including phenoxy) is 2. The lowest BCUT2D eigenvalue weighted by Crippen LogP contribution is -2.52. The van der Waals surface area contributed by atoms with Crippen LogP contribution in [-0.2, 0) is 20.6 Å². The van der Waals surface area contributed by atoms with Crippen molar-refractivity contribution in [3.05, 3.63) is 12.7 Å². The summed E-state index contributed by atoms with van der Waals surface area (Å²) in [4.78, 5) is 42.2. The van der Waals surface area contributed by atoms with Crippen LogP contribution >= 0.6 is 7.60 Å². The maximum absolute atomic E-state index is 13.5.